The van der Waals surface area contributed by atoms with Gasteiger partial charge in [-0.3, -0.25) is 14.6 Å². The zero-order chi connectivity index (χ0) is 20.5. The fraction of sp³-hybridized carbons (Fsp3) is 0.174. The number of nitrogens with two attached hydrogens (primary N) is 1. The van der Waals surface area contributed by atoms with Crippen molar-refractivity contribution < 1.29 is 14.3 Å². The average Bonchev–Trinajstić information content (AvgIpc) is 2.74. The Balaban J connectivity index is 1.57. The van der Waals surface area contributed by atoms with Crippen molar-refractivity contribution in [3.63, 3.8) is 0 Å². The van der Waals surface area contributed by atoms with Crippen LogP contribution in [0.5, 0.6) is 5.75 Å². The smallest absolute Gasteiger partial charge is 0.237 e. The van der Waals surface area contributed by atoms with Crippen LogP contribution in [0.2, 0.25) is 0 Å². The summed E-state index contributed by atoms with van der Waals surface area (Å²) in [6, 6.07) is 22.2. The molecule has 148 valence electrons. The van der Waals surface area contributed by atoms with Gasteiger partial charge in [-0.1, -0.05) is 48.5 Å². The van der Waals surface area contributed by atoms with Crippen LogP contribution in [-0.4, -0.2) is 23.3 Å². The molecule has 0 fully saturated rings. The first-order valence-electron chi connectivity index (χ1n) is 9.37. The van der Waals surface area contributed by atoms with E-state index in [9.17, 15) is 9.59 Å². The highest BCUT2D eigenvalue weighted by atomic mass is 16.5. The van der Waals surface area contributed by atoms with E-state index in [1.165, 1.54) is 0 Å². The molecule has 0 aliphatic heterocycles. The Labute approximate surface area is 169 Å². The number of carbonyl (C=O) groups excluding carboxylic acids is 2. The summed E-state index contributed by atoms with van der Waals surface area (Å²) in [4.78, 5) is 28.6. The van der Waals surface area contributed by atoms with E-state index < -0.39 is 17.7 Å². The predicted molar refractivity (Wildman–Crippen MR) is 110 cm³/mol. The molecule has 0 radical (unpaired) electrons. The first kappa shape index (κ1) is 20.1. The molecule has 0 saturated carbocycles. The lowest BCUT2D eigenvalue weighted by Gasteiger charge is -2.15. The molecule has 0 bridgehead atoms. The Morgan fingerprint density at radius 3 is 2.34 bits per heavy atom. The second-order valence-corrected chi connectivity index (χ2v) is 6.54. The number of pyridine rings is 1. The van der Waals surface area contributed by atoms with Gasteiger partial charge in [0.25, 0.3) is 0 Å². The van der Waals surface area contributed by atoms with Crippen molar-refractivity contribution in [2.24, 2.45) is 5.73 Å². The second kappa shape index (κ2) is 10.0. The molecule has 3 rings (SSSR count). The van der Waals surface area contributed by atoms with Crippen molar-refractivity contribution in [3.8, 4) is 5.75 Å². The van der Waals surface area contributed by atoms with Crippen LogP contribution in [0.25, 0.3) is 0 Å². The van der Waals surface area contributed by atoms with Crippen LogP contribution in [0, 0.1) is 0 Å². The Kier molecular flexibility index (Phi) is 6.95. The van der Waals surface area contributed by atoms with E-state index in [2.05, 4.69) is 10.3 Å². The molecular weight excluding hydrogens is 366 g/mol. The minimum absolute atomic E-state index is 0.373. The molecule has 3 N–H and O–H groups in total. The van der Waals surface area contributed by atoms with E-state index in [4.69, 9.17) is 10.5 Å². The highest BCUT2D eigenvalue weighted by molar-refractivity contribution is 6.05. The first-order chi connectivity index (χ1) is 14.1. The van der Waals surface area contributed by atoms with Crippen LogP contribution in [0.1, 0.15) is 22.7 Å². The molecule has 1 heterocycles. The maximum absolute atomic E-state index is 12.5. The van der Waals surface area contributed by atoms with Crippen LogP contribution in [0.3, 0.4) is 0 Å². The minimum atomic E-state index is -1.05. The normalized spacial score (nSPS) is 11.4. The summed E-state index contributed by atoms with van der Waals surface area (Å²) < 4.78 is 5.74. The van der Waals surface area contributed by atoms with Crippen LogP contribution in [0.15, 0.2) is 79.0 Å². The Morgan fingerprint density at radius 2 is 1.69 bits per heavy atom. The number of rotatable bonds is 9. The van der Waals surface area contributed by atoms with Gasteiger partial charge < -0.3 is 15.8 Å². The molecule has 0 aliphatic rings. The topological polar surface area (TPSA) is 94.3 Å². The number of nitrogens with zero attached hydrogens (tertiary/aromatic N) is 1. The number of nitrogens with one attached hydrogen (secondary N) is 1. The summed E-state index contributed by atoms with van der Waals surface area (Å²) in [6.45, 7) is 0.811. The van der Waals surface area contributed by atoms with E-state index in [1.807, 2.05) is 48.5 Å². The van der Waals surface area contributed by atoms with Gasteiger partial charge in [0, 0.05) is 24.9 Å². The Morgan fingerprint density at radius 1 is 0.966 bits per heavy atom. The zero-order valence-electron chi connectivity index (χ0n) is 16.0. The van der Waals surface area contributed by atoms with E-state index >= 15 is 0 Å². The Hall–Kier alpha value is -3.67. The van der Waals surface area contributed by atoms with Gasteiger partial charge in [0.15, 0.2) is 0 Å². The lowest BCUT2D eigenvalue weighted by atomic mass is 9.97. The van der Waals surface area contributed by atoms with Crippen molar-refractivity contribution >= 4 is 11.8 Å². The van der Waals surface area contributed by atoms with Crippen molar-refractivity contribution in [2.45, 2.75) is 18.9 Å². The number of ether oxygens (including phenoxy) is 1. The maximum Gasteiger partial charge on any atom is 0.237 e. The van der Waals surface area contributed by atoms with Gasteiger partial charge in [-0.25, -0.2) is 0 Å². The van der Waals surface area contributed by atoms with Gasteiger partial charge in [0.2, 0.25) is 11.8 Å². The summed E-state index contributed by atoms with van der Waals surface area (Å²) in [7, 11) is 0. The van der Waals surface area contributed by atoms with E-state index in [-0.39, 0.29) is 0 Å². The molecule has 3 aromatic rings. The van der Waals surface area contributed by atoms with Crippen molar-refractivity contribution in [1.82, 2.24) is 10.3 Å². The van der Waals surface area contributed by atoms with Gasteiger partial charge in [0.1, 0.15) is 18.3 Å². The number of primary amides is 1. The fourth-order valence-electron chi connectivity index (χ4n) is 2.90. The summed E-state index contributed by atoms with van der Waals surface area (Å²) in [6.07, 6.45) is 2.27. The summed E-state index contributed by atoms with van der Waals surface area (Å²) in [5.41, 5.74) is 7.93. The fourth-order valence-corrected chi connectivity index (χ4v) is 2.90. The lowest BCUT2D eigenvalue weighted by Crippen LogP contribution is -2.38. The molecule has 1 aromatic heterocycles. The van der Waals surface area contributed by atoms with Crippen molar-refractivity contribution in [2.75, 3.05) is 6.54 Å². The predicted octanol–water partition coefficient (Wildman–Crippen LogP) is 2.59. The van der Waals surface area contributed by atoms with Crippen LogP contribution in [0.4, 0.5) is 0 Å². The first-order valence-corrected chi connectivity index (χ1v) is 9.37. The van der Waals surface area contributed by atoms with E-state index in [0.717, 1.165) is 11.3 Å². The minimum Gasteiger partial charge on any atom is -0.489 e. The van der Waals surface area contributed by atoms with Crippen LogP contribution < -0.4 is 15.8 Å². The van der Waals surface area contributed by atoms with E-state index in [0.29, 0.717) is 30.9 Å². The molecular formula is C23H23N3O3. The third kappa shape index (κ3) is 5.90. The molecule has 1 atom stereocenters. The molecule has 2 aromatic carbocycles. The van der Waals surface area contributed by atoms with Gasteiger partial charge in [-0.05, 0) is 35.4 Å². The standard InChI is InChI=1S/C23H23N3O3/c24-22(27)21(23(28)26-15-13-19-8-4-5-14-25-19)18-9-11-20(12-10-18)29-16-17-6-2-1-3-7-17/h1-12,14,21H,13,15-16H2,(H2,24,27)(H,26,28). The highest BCUT2D eigenvalue weighted by Crippen LogP contribution is 2.21. The molecule has 0 saturated heterocycles. The quantitative estimate of drug-likeness (QED) is 0.550. The second-order valence-electron chi connectivity index (χ2n) is 6.54. The number of amides is 2. The van der Waals surface area contributed by atoms with Crippen molar-refractivity contribution in [3.05, 3.63) is 95.8 Å². The SMILES string of the molecule is NC(=O)C(C(=O)NCCc1ccccn1)c1ccc(OCc2ccccc2)cc1. The summed E-state index contributed by atoms with van der Waals surface area (Å²) in [5.74, 6) is -1.53. The van der Waals surface area contributed by atoms with Gasteiger partial charge in [-0.15, -0.1) is 0 Å². The summed E-state index contributed by atoms with van der Waals surface area (Å²) in [5, 5.41) is 2.76. The number of carbonyl (C=O) groups is 2. The van der Waals surface area contributed by atoms with Crippen molar-refractivity contribution in [1.29, 1.82) is 0 Å². The monoisotopic (exact) mass is 389 g/mol. The number of hydrogen-bond acceptors (Lipinski definition) is 4. The largest absolute Gasteiger partial charge is 0.489 e. The molecule has 29 heavy (non-hydrogen) atoms. The molecule has 0 spiro atoms. The zero-order valence-corrected chi connectivity index (χ0v) is 16.0. The van der Waals surface area contributed by atoms with Gasteiger partial charge in [-0.2, -0.15) is 0 Å². The molecule has 0 aliphatic carbocycles. The number of benzene rings is 2. The van der Waals surface area contributed by atoms with Gasteiger partial charge in [0.05, 0.1) is 0 Å². The van der Waals surface area contributed by atoms with E-state index in [1.54, 1.807) is 30.5 Å². The van der Waals surface area contributed by atoms with Gasteiger partial charge >= 0.3 is 0 Å². The average molecular weight is 389 g/mol. The maximum atomic E-state index is 12.5. The molecule has 1 unspecified atom stereocenters. The number of aromatic nitrogens is 1. The molecule has 2 amide bonds. The molecule has 6 heteroatoms. The lowest BCUT2D eigenvalue weighted by molar-refractivity contribution is -0.129. The highest BCUT2D eigenvalue weighted by Gasteiger charge is 2.26. The summed E-state index contributed by atoms with van der Waals surface area (Å²) >= 11 is 0. The molecule has 6 nitrogen and oxygen atoms in total. The number of hydrogen-bond donors (Lipinski definition) is 2. The third-order valence-electron chi connectivity index (χ3n) is 4.41. The van der Waals surface area contributed by atoms with Crippen LogP contribution in [-0.2, 0) is 22.6 Å². The third-order valence-corrected chi connectivity index (χ3v) is 4.41. The Bertz CT molecular complexity index is 929. The van der Waals surface area contributed by atoms with Crippen LogP contribution >= 0.6 is 0 Å².